The molecule has 0 spiro atoms. The van der Waals surface area contributed by atoms with Crippen LogP contribution in [-0.4, -0.2) is 55.7 Å². The van der Waals surface area contributed by atoms with Gasteiger partial charge in [-0.25, -0.2) is 22.4 Å². The predicted octanol–water partition coefficient (Wildman–Crippen LogP) is 1.76. The largest absolute Gasteiger partial charge is 0.478 e. The Balaban J connectivity index is 2.16. The number of rotatable bonds is 10. The second-order valence-electron chi connectivity index (χ2n) is 5.82. The molecular weight excluding hydrogens is 432 g/mol. The van der Waals surface area contributed by atoms with Crippen molar-refractivity contribution in [3.63, 3.8) is 0 Å². The summed E-state index contributed by atoms with van der Waals surface area (Å²) in [6.45, 7) is 0.960. The molecule has 1 aromatic carbocycles. The lowest BCUT2D eigenvalue weighted by Crippen LogP contribution is -2.33. The number of amides is 1. The zero-order valence-electron chi connectivity index (χ0n) is 16.0. The molecule has 168 valence electrons. The van der Waals surface area contributed by atoms with Gasteiger partial charge in [0, 0.05) is 11.8 Å². The van der Waals surface area contributed by atoms with E-state index in [0.717, 1.165) is 6.20 Å². The molecule has 0 unspecified atom stereocenters. The van der Waals surface area contributed by atoms with Crippen molar-refractivity contribution in [1.82, 2.24) is 0 Å². The van der Waals surface area contributed by atoms with Gasteiger partial charge in [-0.05, 0) is 6.07 Å². The third-order valence-electron chi connectivity index (χ3n) is 3.77. The molecule has 2 rings (SSSR count). The van der Waals surface area contributed by atoms with Crippen LogP contribution in [0.4, 0.5) is 23.2 Å². The van der Waals surface area contributed by atoms with Gasteiger partial charge >= 0.3 is 11.8 Å². The summed E-state index contributed by atoms with van der Waals surface area (Å²) in [5, 5.41) is 20.8. The first-order valence-electron chi connectivity index (χ1n) is 8.54. The Kier molecular flexibility index (Phi) is 8.10. The monoisotopic (exact) mass is 449 g/mol. The first-order chi connectivity index (χ1) is 14.7. The Morgan fingerprint density at radius 3 is 2.16 bits per heavy atom. The van der Waals surface area contributed by atoms with Crippen LogP contribution in [0, 0.1) is 23.3 Å². The Hall–Kier alpha value is -3.45. The van der Waals surface area contributed by atoms with Crippen molar-refractivity contribution >= 4 is 17.6 Å². The predicted molar refractivity (Wildman–Crippen MR) is 93.2 cm³/mol. The average molecular weight is 449 g/mol. The van der Waals surface area contributed by atoms with Crippen molar-refractivity contribution < 1.29 is 56.4 Å². The van der Waals surface area contributed by atoms with Crippen molar-refractivity contribution in [3.05, 3.63) is 52.7 Å². The number of methoxy groups -OCH3 is 1. The van der Waals surface area contributed by atoms with Gasteiger partial charge in [0.05, 0.1) is 31.5 Å². The third-order valence-corrected chi connectivity index (χ3v) is 3.77. The standard InChI is InChI=1S/C18H16F4N2O7/c1-29-4-5-30-6-7-31-10-3-2-9(8-24(10)28)23-17(25)11-12(18(26)27)14(20)16(22)15(21)13(11)19/h2-3,8H,4-7H2,1H3,(H2-,23,25,26,27,28)/p+1. The fourth-order valence-corrected chi connectivity index (χ4v) is 2.35. The molecule has 0 saturated heterocycles. The van der Waals surface area contributed by atoms with Crippen molar-refractivity contribution in [1.29, 1.82) is 0 Å². The highest BCUT2D eigenvalue weighted by atomic mass is 19.2. The molecule has 0 aliphatic carbocycles. The molecule has 13 heteroatoms. The summed E-state index contributed by atoms with van der Waals surface area (Å²) in [5.74, 6) is -13.0. The zero-order chi connectivity index (χ0) is 23.1. The van der Waals surface area contributed by atoms with Crippen molar-refractivity contribution in [3.8, 4) is 5.88 Å². The Morgan fingerprint density at radius 2 is 1.58 bits per heavy atom. The minimum absolute atomic E-state index is 0.0529. The normalized spacial score (nSPS) is 10.7. The number of carbonyl (C=O) groups is 2. The summed E-state index contributed by atoms with van der Waals surface area (Å²) in [7, 11) is 1.51. The van der Waals surface area contributed by atoms with E-state index in [1.54, 1.807) is 0 Å². The summed E-state index contributed by atoms with van der Waals surface area (Å²) < 4.78 is 70.2. The Labute approximate surface area is 172 Å². The van der Waals surface area contributed by atoms with Crippen molar-refractivity contribution in [2.75, 3.05) is 38.9 Å². The van der Waals surface area contributed by atoms with E-state index >= 15 is 0 Å². The minimum Gasteiger partial charge on any atom is -0.478 e. The number of benzene rings is 1. The number of pyridine rings is 1. The Bertz CT molecular complexity index is 988. The molecule has 0 aliphatic rings. The van der Waals surface area contributed by atoms with Gasteiger partial charge in [-0.1, -0.05) is 0 Å². The molecule has 31 heavy (non-hydrogen) atoms. The van der Waals surface area contributed by atoms with Crippen LogP contribution in [0.3, 0.4) is 0 Å². The number of nitrogens with one attached hydrogen (secondary N) is 1. The van der Waals surface area contributed by atoms with Crippen LogP contribution in [0.25, 0.3) is 0 Å². The molecule has 1 heterocycles. The Morgan fingerprint density at radius 1 is 0.968 bits per heavy atom. The SMILES string of the molecule is COCCOCCOc1ccc(NC(=O)c2c(F)c(F)c(F)c(F)c2C(=O)O)c[n+]1O. The molecule has 0 atom stereocenters. The van der Waals surface area contributed by atoms with Crippen LogP contribution >= 0.6 is 0 Å². The van der Waals surface area contributed by atoms with Gasteiger partial charge in [-0.15, -0.1) is 0 Å². The van der Waals surface area contributed by atoms with Gasteiger partial charge < -0.3 is 24.6 Å². The first-order valence-corrected chi connectivity index (χ1v) is 8.54. The molecule has 0 fully saturated rings. The number of aromatic nitrogens is 1. The van der Waals surface area contributed by atoms with E-state index in [1.165, 1.54) is 19.2 Å². The van der Waals surface area contributed by atoms with Crippen molar-refractivity contribution in [2.24, 2.45) is 0 Å². The molecule has 0 bridgehead atoms. The highest BCUT2D eigenvalue weighted by Gasteiger charge is 2.33. The minimum atomic E-state index is -2.37. The van der Waals surface area contributed by atoms with Gasteiger partial charge in [0.15, 0.2) is 23.3 Å². The molecular formula is C18H17F4N2O7+. The van der Waals surface area contributed by atoms with E-state index in [1.807, 2.05) is 5.32 Å². The molecule has 0 radical (unpaired) electrons. The second-order valence-corrected chi connectivity index (χ2v) is 5.82. The lowest BCUT2D eigenvalue weighted by molar-refractivity contribution is -0.906. The smallest absolute Gasteiger partial charge is 0.416 e. The number of ether oxygens (including phenoxy) is 3. The van der Waals surface area contributed by atoms with E-state index in [0.29, 0.717) is 17.9 Å². The number of carboxylic acid groups (broad SMARTS) is 1. The molecule has 2 aromatic rings. The molecule has 1 aromatic heterocycles. The molecule has 0 saturated carbocycles. The summed E-state index contributed by atoms with van der Waals surface area (Å²) >= 11 is 0. The number of hydrogen-bond acceptors (Lipinski definition) is 6. The fourth-order valence-electron chi connectivity index (χ4n) is 2.35. The van der Waals surface area contributed by atoms with Crippen LogP contribution in [0.1, 0.15) is 20.7 Å². The lowest BCUT2D eigenvalue weighted by Gasteiger charge is -2.11. The van der Waals surface area contributed by atoms with Crippen LogP contribution < -0.4 is 14.8 Å². The summed E-state index contributed by atoms with van der Waals surface area (Å²) in [5.41, 5.74) is -3.46. The van der Waals surface area contributed by atoms with E-state index in [4.69, 9.17) is 19.3 Å². The highest BCUT2D eigenvalue weighted by Crippen LogP contribution is 2.25. The maximum atomic E-state index is 14.0. The highest BCUT2D eigenvalue weighted by molar-refractivity contribution is 6.11. The quantitative estimate of drug-likeness (QED) is 0.126. The number of nitrogens with zero attached hydrogens (tertiary/aromatic N) is 1. The number of hydrogen-bond donors (Lipinski definition) is 3. The summed E-state index contributed by atoms with van der Waals surface area (Å²) in [6.07, 6.45) is 0.883. The maximum absolute atomic E-state index is 14.0. The summed E-state index contributed by atoms with van der Waals surface area (Å²) in [6, 6.07) is 2.35. The number of aromatic carboxylic acids is 1. The number of carbonyl (C=O) groups excluding carboxylic acids is 1. The van der Waals surface area contributed by atoms with Gasteiger partial charge in [0.1, 0.15) is 17.9 Å². The van der Waals surface area contributed by atoms with Crippen LogP contribution in [0.5, 0.6) is 5.88 Å². The molecule has 9 nitrogen and oxygen atoms in total. The van der Waals surface area contributed by atoms with Gasteiger partial charge in [-0.3, -0.25) is 10.0 Å². The molecule has 3 N–H and O–H groups in total. The lowest BCUT2D eigenvalue weighted by atomic mass is 10.0. The number of carboxylic acids is 1. The fraction of sp³-hybridized carbons (Fsp3) is 0.278. The van der Waals surface area contributed by atoms with E-state index in [-0.39, 0.29) is 24.8 Å². The van der Waals surface area contributed by atoms with Crippen LogP contribution in [0.2, 0.25) is 0 Å². The van der Waals surface area contributed by atoms with E-state index < -0.39 is 46.3 Å². The van der Waals surface area contributed by atoms with Crippen LogP contribution in [-0.2, 0) is 9.47 Å². The second kappa shape index (κ2) is 10.5. The van der Waals surface area contributed by atoms with Gasteiger partial charge in [0.2, 0.25) is 6.20 Å². The van der Waals surface area contributed by atoms with Crippen LogP contribution in [0.15, 0.2) is 18.3 Å². The average Bonchev–Trinajstić information content (AvgIpc) is 2.72. The molecule has 1 amide bonds. The van der Waals surface area contributed by atoms with Crippen molar-refractivity contribution in [2.45, 2.75) is 0 Å². The van der Waals surface area contributed by atoms with E-state index in [2.05, 4.69) is 0 Å². The maximum Gasteiger partial charge on any atom is 0.416 e. The topological polar surface area (TPSA) is 118 Å². The zero-order valence-corrected chi connectivity index (χ0v) is 16.0. The number of halogens is 4. The third kappa shape index (κ3) is 5.58. The van der Waals surface area contributed by atoms with E-state index in [9.17, 15) is 32.4 Å². The van der Waals surface area contributed by atoms with Gasteiger partial charge in [0.25, 0.3) is 5.91 Å². The molecule has 0 aliphatic heterocycles. The first kappa shape index (κ1) is 23.8. The number of anilines is 1. The summed E-state index contributed by atoms with van der Waals surface area (Å²) in [4.78, 5) is 23.4. The van der Waals surface area contributed by atoms with Gasteiger partial charge in [-0.2, -0.15) is 0 Å².